The molecule has 1 aromatic rings. The lowest BCUT2D eigenvalue weighted by molar-refractivity contribution is -0.188. The molecule has 116 valence electrons. The Balaban J connectivity index is 2.22. The van der Waals surface area contributed by atoms with Gasteiger partial charge in [0.25, 0.3) is 0 Å². The second kappa shape index (κ2) is 6.41. The number of rotatable bonds is 2. The fraction of sp³-hybridized carbons (Fsp3) is 0.538. The van der Waals surface area contributed by atoms with Crippen LogP contribution in [0.2, 0.25) is 0 Å². The predicted octanol–water partition coefficient (Wildman–Crippen LogP) is 3.53. The molecule has 2 atom stereocenters. The van der Waals surface area contributed by atoms with Gasteiger partial charge >= 0.3 is 6.09 Å². The van der Waals surface area contributed by atoms with Crippen LogP contribution in [-0.4, -0.2) is 28.0 Å². The molecular weight excluding hydrogens is 394 g/mol. The van der Waals surface area contributed by atoms with Gasteiger partial charge in [0.1, 0.15) is 34.4 Å². The highest BCUT2D eigenvalue weighted by Gasteiger charge is 2.41. The molecule has 1 saturated heterocycles. The summed E-state index contributed by atoms with van der Waals surface area (Å²) >= 11 is 1.69. The molecule has 6 nitrogen and oxygen atoms in total. The van der Waals surface area contributed by atoms with E-state index in [1.807, 2.05) is 0 Å². The maximum Gasteiger partial charge on any atom is 0.435 e. The molecule has 21 heavy (non-hydrogen) atoms. The van der Waals surface area contributed by atoms with Crippen LogP contribution in [0.3, 0.4) is 0 Å². The summed E-state index contributed by atoms with van der Waals surface area (Å²) in [5.41, 5.74) is -0.133. The second-order valence-corrected chi connectivity index (χ2v) is 6.13. The van der Waals surface area contributed by atoms with Crippen molar-refractivity contribution in [3.05, 3.63) is 29.8 Å². The summed E-state index contributed by atoms with van der Waals surface area (Å²) < 4.78 is 23.7. The minimum Gasteiger partial charge on any atom is -0.442 e. The third-order valence-corrected chi connectivity index (χ3v) is 3.28. The standard InChI is InChI=1S/C13H16FIN2O4/c1-13(2,3)19-12(18)17-10(5-11(20-15)21-17)8-4-9(14)7-16-6-8/h4,6-7,10-11H,5H2,1-3H3/t10-,11?/m0/s1. The highest BCUT2D eigenvalue weighted by Crippen LogP contribution is 2.36. The van der Waals surface area contributed by atoms with Gasteiger partial charge in [-0.1, -0.05) is 0 Å². The normalized spacial score (nSPS) is 22.4. The first-order valence-electron chi connectivity index (χ1n) is 6.37. The topological polar surface area (TPSA) is 60.9 Å². The van der Waals surface area contributed by atoms with Crippen molar-refractivity contribution in [3.8, 4) is 0 Å². The zero-order chi connectivity index (χ0) is 15.6. The molecule has 0 saturated carbocycles. The lowest BCUT2D eigenvalue weighted by atomic mass is 10.1. The average Bonchev–Trinajstić information content (AvgIpc) is 2.81. The van der Waals surface area contributed by atoms with E-state index in [-0.39, 0.29) is 0 Å². The molecule has 2 rings (SSSR count). The summed E-state index contributed by atoms with van der Waals surface area (Å²) in [5, 5.41) is 1.07. The minimum absolute atomic E-state index is 0.368. The van der Waals surface area contributed by atoms with Crippen LogP contribution in [0.25, 0.3) is 0 Å². The lowest BCUT2D eigenvalue weighted by Crippen LogP contribution is -2.36. The average molecular weight is 410 g/mol. The van der Waals surface area contributed by atoms with Gasteiger partial charge in [-0.25, -0.2) is 14.0 Å². The van der Waals surface area contributed by atoms with Crippen molar-refractivity contribution in [2.45, 2.75) is 45.1 Å². The molecule has 0 bridgehead atoms. The first kappa shape index (κ1) is 16.4. The fourth-order valence-corrected chi connectivity index (χ4v) is 2.23. The number of hydrogen-bond donors (Lipinski definition) is 0. The van der Waals surface area contributed by atoms with Crippen molar-refractivity contribution in [1.29, 1.82) is 0 Å². The maximum absolute atomic E-state index is 13.3. The molecule has 0 aliphatic carbocycles. The Labute approximate surface area is 136 Å². The van der Waals surface area contributed by atoms with Crippen LogP contribution in [-0.2, 0) is 12.6 Å². The Bertz CT molecular complexity index is 523. The molecule has 0 N–H and O–H groups in total. The predicted molar refractivity (Wildman–Crippen MR) is 79.6 cm³/mol. The summed E-state index contributed by atoms with van der Waals surface area (Å²) in [7, 11) is 0. The van der Waals surface area contributed by atoms with Gasteiger partial charge in [-0.3, -0.25) is 8.05 Å². The molecule has 1 amide bonds. The van der Waals surface area contributed by atoms with Crippen LogP contribution in [0, 0.1) is 5.82 Å². The molecule has 1 aromatic heterocycles. The highest BCUT2D eigenvalue weighted by atomic mass is 127. The molecule has 0 aromatic carbocycles. The van der Waals surface area contributed by atoms with E-state index < -0.39 is 29.8 Å². The van der Waals surface area contributed by atoms with Gasteiger partial charge in [0.05, 0.1) is 12.2 Å². The Morgan fingerprint density at radius 2 is 2.24 bits per heavy atom. The molecule has 0 spiro atoms. The number of ether oxygens (including phenoxy) is 1. The molecule has 1 aliphatic rings. The molecule has 1 aliphatic heterocycles. The number of carbonyl (C=O) groups is 1. The van der Waals surface area contributed by atoms with Crippen molar-refractivity contribution in [2.24, 2.45) is 0 Å². The summed E-state index contributed by atoms with van der Waals surface area (Å²) in [4.78, 5) is 21.4. The van der Waals surface area contributed by atoms with Crippen LogP contribution < -0.4 is 0 Å². The van der Waals surface area contributed by atoms with Crippen LogP contribution in [0.1, 0.15) is 38.8 Å². The summed E-state index contributed by atoms with van der Waals surface area (Å²) in [6, 6.07) is 0.802. The smallest absolute Gasteiger partial charge is 0.435 e. The fourth-order valence-electron chi connectivity index (χ4n) is 1.93. The minimum atomic E-state index is -0.658. The Morgan fingerprint density at radius 1 is 1.52 bits per heavy atom. The van der Waals surface area contributed by atoms with Crippen molar-refractivity contribution >= 4 is 29.1 Å². The van der Waals surface area contributed by atoms with Gasteiger partial charge in [0.2, 0.25) is 0 Å². The lowest BCUT2D eigenvalue weighted by Gasteiger charge is -2.26. The zero-order valence-electron chi connectivity index (χ0n) is 11.9. The van der Waals surface area contributed by atoms with Crippen LogP contribution in [0.5, 0.6) is 0 Å². The van der Waals surface area contributed by atoms with E-state index in [0.717, 1.165) is 11.3 Å². The van der Waals surface area contributed by atoms with Crippen molar-refractivity contribution in [2.75, 3.05) is 0 Å². The van der Waals surface area contributed by atoms with E-state index in [1.54, 1.807) is 43.8 Å². The van der Waals surface area contributed by atoms with Gasteiger partial charge in [-0.15, -0.1) is 0 Å². The van der Waals surface area contributed by atoms with E-state index in [1.165, 1.54) is 12.3 Å². The van der Waals surface area contributed by atoms with E-state index in [2.05, 4.69) is 4.98 Å². The van der Waals surface area contributed by atoms with Crippen molar-refractivity contribution in [1.82, 2.24) is 10.0 Å². The van der Waals surface area contributed by atoms with Crippen LogP contribution in [0.4, 0.5) is 9.18 Å². The van der Waals surface area contributed by atoms with Crippen molar-refractivity contribution < 1.29 is 21.8 Å². The number of amides is 1. The molecule has 8 heteroatoms. The third kappa shape index (κ3) is 4.24. The molecule has 2 heterocycles. The summed E-state index contributed by atoms with van der Waals surface area (Å²) in [5.74, 6) is -0.476. The SMILES string of the molecule is CC(C)(C)OC(=O)N1OC(OI)C[C@H]1c1cncc(F)c1. The molecular formula is C13H16FIN2O4. The van der Waals surface area contributed by atoms with E-state index in [0.29, 0.717) is 12.0 Å². The Hall–Kier alpha value is -1.00. The summed E-state index contributed by atoms with van der Waals surface area (Å²) in [6.07, 6.45) is 1.71. The third-order valence-electron chi connectivity index (χ3n) is 2.71. The maximum atomic E-state index is 13.3. The van der Waals surface area contributed by atoms with Crippen LogP contribution in [0.15, 0.2) is 18.5 Å². The van der Waals surface area contributed by atoms with Gasteiger partial charge in [0.15, 0.2) is 6.29 Å². The molecule has 1 fully saturated rings. The number of hydrogen-bond acceptors (Lipinski definition) is 5. The van der Waals surface area contributed by atoms with Gasteiger partial charge < -0.3 is 4.74 Å². The number of hydroxylamine groups is 2. The Morgan fingerprint density at radius 3 is 2.81 bits per heavy atom. The molecule has 1 unspecified atom stereocenters. The van der Waals surface area contributed by atoms with Crippen molar-refractivity contribution in [3.63, 3.8) is 0 Å². The Kier molecular flexibility index (Phi) is 4.99. The zero-order valence-corrected chi connectivity index (χ0v) is 14.0. The number of aromatic nitrogens is 1. The number of halogens is 2. The number of carbonyl (C=O) groups excluding carboxylic acids is 1. The van der Waals surface area contributed by atoms with E-state index >= 15 is 0 Å². The largest absolute Gasteiger partial charge is 0.442 e. The first-order valence-corrected chi connectivity index (χ1v) is 7.25. The summed E-state index contributed by atoms with van der Waals surface area (Å²) in [6.45, 7) is 5.27. The molecule has 0 radical (unpaired) electrons. The number of pyridine rings is 1. The highest BCUT2D eigenvalue weighted by molar-refractivity contribution is 14.1. The van der Waals surface area contributed by atoms with Gasteiger partial charge in [-0.2, -0.15) is 5.06 Å². The monoisotopic (exact) mass is 410 g/mol. The van der Waals surface area contributed by atoms with E-state index in [4.69, 9.17) is 12.6 Å². The van der Waals surface area contributed by atoms with Gasteiger partial charge in [-0.05, 0) is 32.4 Å². The van der Waals surface area contributed by atoms with Crippen LogP contribution >= 0.6 is 23.0 Å². The number of nitrogens with zero attached hydrogens (tertiary/aromatic N) is 2. The van der Waals surface area contributed by atoms with Gasteiger partial charge in [0, 0.05) is 12.6 Å². The van der Waals surface area contributed by atoms with E-state index in [9.17, 15) is 9.18 Å². The quantitative estimate of drug-likeness (QED) is 0.699. The first-order chi connectivity index (χ1) is 9.80. The second-order valence-electron chi connectivity index (χ2n) is 5.62.